The Labute approximate surface area is 261 Å². The third kappa shape index (κ3) is 7.77. The van der Waals surface area contributed by atoms with Gasteiger partial charge in [0.1, 0.15) is 17.6 Å². The number of phenols is 1. The van der Waals surface area contributed by atoms with Gasteiger partial charge in [-0.1, -0.05) is 42.5 Å². The van der Waals surface area contributed by atoms with Gasteiger partial charge in [-0.05, 0) is 57.0 Å². The average Bonchev–Trinajstić information content (AvgIpc) is 3.31. The van der Waals surface area contributed by atoms with Crippen molar-refractivity contribution in [2.45, 2.75) is 62.8 Å². The lowest BCUT2D eigenvalue weighted by Gasteiger charge is -2.33. The second kappa shape index (κ2) is 13.5. The van der Waals surface area contributed by atoms with Crippen LogP contribution in [0.25, 0.3) is 0 Å². The Morgan fingerprint density at radius 3 is 2.40 bits per heavy atom. The lowest BCUT2D eigenvalue weighted by atomic mass is 9.96. The Bertz CT molecular complexity index is 1570. The smallest absolute Gasteiger partial charge is 0.416 e. The quantitative estimate of drug-likeness (QED) is 0.253. The predicted octanol–water partition coefficient (Wildman–Crippen LogP) is 4.56. The molecule has 0 radical (unpaired) electrons. The number of aliphatic hydroxyl groups excluding tert-OH is 1. The highest BCUT2D eigenvalue weighted by Crippen LogP contribution is 2.40. The Morgan fingerprint density at radius 1 is 1.07 bits per heavy atom. The molecule has 1 saturated heterocycles. The number of nitrogens with one attached hydrogen (secondary N) is 2. The molecule has 0 aliphatic carbocycles. The van der Waals surface area contributed by atoms with Crippen molar-refractivity contribution in [1.29, 1.82) is 0 Å². The van der Waals surface area contributed by atoms with Crippen molar-refractivity contribution in [3.63, 3.8) is 0 Å². The molecule has 13 heteroatoms. The van der Waals surface area contributed by atoms with E-state index in [2.05, 4.69) is 10.6 Å². The fourth-order valence-electron chi connectivity index (χ4n) is 5.13. The number of halogens is 4. The van der Waals surface area contributed by atoms with Gasteiger partial charge in [0.05, 0.1) is 17.5 Å². The van der Waals surface area contributed by atoms with E-state index in [1.165, 1.54) is 34.9 Å². The summed E-state index contributed by atoms with van der Waals surface area (Å²) in [4.78, 5) is 41.6. The van der Waals surface area contributed by atoms with Crippen LogP contribution in [0.3, 0.4) is 0 Å². The molecule has 0 saturated carbocycles. The summed E-state index contributed by atoms with van der Waals surface area (Å²) < 4.78 is 52.3. The van der Waals surface area contributed by atoms with Crippen molar-refractivity contribution < 1.29 is 42.2 Å². The van der Waals surface area contributed by atoms with Crippen LogP contribution >= 0.6 is 11.8 Å². The molecule has 4 N–H and O–H groups in total. The number of rotatable bonds is 9. The predicted molar refractivity (Wildman–Crippen MR) is 161 cm³/mol. The summed E-state index contributed by atoms with van der Waals surface area (Å²) in [7, 11) is 0. The normalized spacial score (nSPS) is 17.4. The summed E-state index contributed by atoms with van der Waals surface area (Å²) >= 11 is 1.27. The van der Waals surface area contributed by atoms with Crippen LogP contribution in [-0.4, -0.2) is 61.6 Å². The monoisotopic (exact) mass is 647 g/mol. The Morgan fingerprint density at radius 2 is 1.76 bits per heavy atom. The van der Waals surface area contributed by atoms with Crippen LogP contribution in [-0.2, 0) is 28.7 Å². The van der Waals surface area contributed by atoms with E-state index < -0.39 is 64.8 Å². The molecule has 1 heterocycles. The van der Waals surface area contributed by atoms with Crippen LogP contribution in [0, 0.1) is 12.7 Å². The first-order valence-electron chi connectivity index (χ1n) is 14.0. The molecule has 45 heavy (non-hydrogen) atoms. The second-order valence-electron chi connectivity index (χ2n) is 11.3. The van der Waals surface area contributed by atoms with Crippen molar-refractivity contribution in [2.75, 3.05) is 5.88 Å². The molecule has 1 fully saturated rings. The van der Waals surface area contributed by atoms with Crippen molar-refractivity contribution in [3.8, 4) is 5.75 Å². The van der Waals surface area contributed by atoms with Gasteiger partial charge in [0, 0.05) is 28.0 Å². The minimum Gasteiger partial charge on any atom is -0.508 e. The topological polar surface area (TPSA) is 119 Å². The molecule has 8 nitrogen and oxygen atoms in total. The maximum Gasteiger partial charge on any atom is 0.416 e. The molecular weight excluding hydrogens is 614 g/mol. The number of amides is 3. The highest BCUT2D eigenvalue weighted by atomic mass is 32.2. The number of thioether (sulfide) groups is 1. The molecule has 1 aliphatic heterocycles. The van der Waals surface area contributed by atoms with Gasteiger partial charge in [-0.3, -0.25) is 14.4 Å². The third-order valence-electron chi connectivity index (χ3n) is 7.71. The zero-order valence-electron chi connectivity index (χ0n) is 24.7. The van der Waals surface area contributed by atoms with Gasteiger partial charge < -0.3 is 25.7 Å². The van der Waals surface area contributed by atoms with E-state index >= 15 is 0 Å². The molecule has 1 aliphatic rings. The summed E-state index contributed by atoms with van der Waals surface area (Å²) in [6.07, 6.45) is -6.45. The number of alkyl halides is 3. The first kappa shape index (κ1) is 33.8. The molecule has 3 aromatic rings. The van der Waals surface area contributed by atoms with E-state index in [0.717, 1.165) is 6.07 Å². The van der Waals surface area contributed by atoms with Gasteiger partial charge >= 0.3 is 6.18 Å². The van der Waals surface area contributed by atoms with Crippen molar-refractivity contribution in [1.82, 2.24) is 15.5 Å². The summed E-state index contributed by atoms with van der Waals surface area (Å²) in [5.74, 6) is -3.37. The van der Waals surface area contributed by atoms with Crippen LogP contribution in [0.5, 0.6) is 5.75 Å². The largest absolute Gasteiger partial charge is 0.508 e. The molecule has 240 valence electrons. The summed E-state index contributed by atoms with van der Waals surface area (Å²) in [6, 6.07) is 13.0. The van der Waals surface area contributed by atoms with Crippen LogP contribution < -0.4 is 10.6 Å². The Kier molecular flexibility index (Phi) is 10.1. The fourth-order valence-corrected chi connectivity index (χ4v) is 6.27. The fraction of sp³-hybridized carbons (Fsp3) is 0.344. The number of hydrogen-bond donors (Lipinski definition) is 4. The average molecular weight is 648 g/mol. The molecule has 0 bridgehead atoms. The molecule has 3 atom stereocenters. The van der Waals surface area contributed by atoms with E-state index in [0.29, 0.717) is 23.3 Å². The maximum atomic E-state index is 14.4. The lowest BCUT2D eigenvalue weighted by Crippen LogP contribution is -2.58. The summed E-state index contributed by atoms with van der Waals surface area (Å²) in [5, 5.41) is 26.7. The van der Waals surface area contributed by atoms with Gasteiger partial charge in [0.2, 0.25) is 5.91 Å². The summed E-state index contributed by atoms with van der Waals surface area (Å²) in [5.41, 5.74) is -0.158. The SMILES string of the molecule is Cc1c(O)cccc1C(=O)N[C@@H](Cc1ccccc1)[C@H](O)C(=O)N1CSC(C)(C)C1C(=O)NCc1ccc(C(F)(F)F)cc1F. The molecule has 0 spiro atoms. The molecule has 3 aromatic carbocycles. The van der Waals surface area contributed by atoms with Gasteiger partial charge in [-0.2, -0.15) is 13.2 Å². The van der Waals surface area contributed by atoms with Crippen molar-refractivity contribution in [2.24, 2.45) is 0 Å². The van der Waals surface area contributed by atoms with Gasteiger partial charge in [0.15, 0.2) is 6.10 Å². The number of nitrogens with zero attached hydrogens (tertiary/aromatic N) is 1. The first-order valence-corrected chi connectivity index (χ1v) is 15.0. The maximum absolute atomic E-state index is 14.4. The molecule has 3 amide bonds. The minimum absolute atomic E-state index is 0.0211. The van der Waals surface area contributed by atoms with Gasteiger partial charge in [-0.25, -0.2) is 4.39 Å². The van der Waals surface area contributed by atoms with E-state index in [1.807, 2.05) is 0 Å². The van der Waals surface area contributed by atoms with Crippen LogP contribution in [0.2, 0.25) is 0 Å². The zero-order chi connectivity index (χ0) is 33.1. The minimum atomic E-state index is -4.73. The van der Waals surface area contributed by atoms with Crippen LogP contribution in [0.15, 0.2) is 66.7 Å². The standard InChI is InChI=1S/C32H33F4N3O5S/c1-18-22(10-7-11-25(18)40)28(42)38-24(14-19-8-5-4-6-9-19)26(41)30(44)39-17-45-31(2,3)27(39)29(43)37-16-20-12-13-21(15-23(20)33)32(34,35)36/h4-13,15,24,26-27,40-41H,14,16-17H2,1-3H3,(H,37,43)(H,38,42)/t24-,26-,27?/m0/s1. The lowest BCUT2D eigenvalue weighted by molar-refractivity contribution is -0.147. The number of aliphatic hydroxyl groups is 1. The Balaban J connectivity index is 1.54. The van der Waals surface area contributed by atoms with Crippen LogP contribution in [0.1, 0.15) is 46.5 Å². The third-order valence-corrected chi connectivity index (χ3v) is 9.08. The number of carbonyl (C=O) groups is 3. The number of hydrogen-bond acceptors (Lipinski definition) is 6. The van der Waals surface area contributed by atoms with Gasteiger partial charge in [-0.15, -0.1) is 11.8 Å². The van der Waals surface area contributed by atoms with Crippen molar-refractivity contribution >= 4 is 29.5 Å². The van der Waals surface area contributed by atoms with E-state index in [4.69, 9.17) is 0 Å². The van der Waals surface area contributed by atoms with Crippen LogP contribution in [0.4, 0.5) is 17.6 Å². The molecular formula is C32H33F4N3O5S. The van der Waals surface area contributed by atoms with E-state index in [-0.39, 0.29) is 29.2 Å². The van der Waals surface area contributed by atoms with E-state index in [1.54, 1.807) is 51.1 Å². The highest BCUT2D eigenvalue weighted by molar-refractivity contribution is 8.00. The Hall–Kier alpha value is -4.10. The summed E-state index contributed by atoms with van der Waals surface area (Å²) in [6.45, 7) is 4.56. The molecule has 4 rings (SSSR count). The van der Waals surface area contributed by atoms with Gasteiger partial charge in [0.25, 0.3) is 11.8 Å². The second-order valence-corrected chi connectivity index (χ2v) is 12.9. The molecule has 1 unspecified atom stereocenters. The number of aromatic hydroxyl groups is 1. The van der Waals surface area contributed by atoms with Crippen molar-refractivity contribution in [3.05, 3.63) is 100 Å². The molecule has 0 aromatic heterocycles. The number of phenolic OH excluding ortho intramolecular Hbond substituents is 1. The number of carbonyl (C=O) groups excluding carboxylic acids is 3. The number of benzene rings is 3. The zero-order valence-corrected chi connectivity index (χ0v) is 25.5. The van der Waals surface area contributed by atoms with E-state index in [9.17, 15) is 42.2 Å². The highest BCUT2D eigenvalue weighted by Gasteiger charge is 2.49. The first-order chi connectivity index (χ1) is 21.1.